The fourth-order valence-electron chi connectivity index (χ4n) is 4.18. The summed E-state index contributed by atoms with van der Waals surface area (Å²) >= 11 is 0. The van der Waals surface area contributed by atoms with E-state index in [1.54, 1.807) is 7.11 Å². The van der Waals surface area contributed by atoms with Gasteiger partial charge in [-0.25, -0.2) is 4.79 Å². The summed E-state index contributed by atoms with van der Waals surface area (Å²) in [5, 5.41) is 16.6. The molecule has 4 aromatic rings. The van der Waals surface area contributed by atoms with Crippen LogP contribution in [0.25, 0.3) is 22.2 Å². The Kier molecular flexibility index (Phi) is 7.14. The van der Waals surface area contributed by atoms with Crippen molar-refractivity contribution in [2.45, 2.75) is 26.3 Å². The summed E-state index contributed by atoms with van der Waals surface area (Å²) in [7, 11) is 1.64. The predicted octanol–water partition coefficient (Wildman–Crippen LogP) is 5.96. The molecule has 0 saturated carbocycles. The Labute approximate surface area is 199 Å². The number of methoxy groups -OCH3 is 1. The average molecular weight is 453 g/mol. The molecule has 1 heterocycles. The summed E-state index contributed by atoms with van der Waals surface area (Å²) in [6.45, 7) is 3.45. The van der Waals surface area contributed by atoms with Crippen LogP contribution in [0, 0.1) is 11.3 Å². The van der Waals surface area contributed by atoms with E-state index in [0.717, 1.165) is 47.3 Å². The predicted molar refractivity (Wildman–Crippen MR) is 136 cm³/mol. The second kappa shape index (κ2) is 10.6. The van der Waals surface area contributed by atoms with Crippen molar-refractivity contribution in [1.29, 1.82) is 5.26 Å². The summed E-state index contributed by atoms with van der Waals surface area (Å²) in [6.07, 6.45) is 1.71. The van der Waals surface area contributed by atoms with Crippen molar-refractivity contribution in [1.82, 2.24) is 9.88 Å². The number of anilines is 1. The average Bonchev–Trinajstić information content (AvgIpc) is 3.18. The number of hydrogen-bond acceptors (Lipinski definition) is 3. The third kappa shape index (κ3) is 4.89. The first-order chi connectivity index (χ1) is 16.6. The molecule has 0 unspecified atom stereocenters. The van der Waals surface area contributed by atoms with Crippen molar-refractivity contribution in [2.75, 3.05) is 19.0 Å². The first kappa shape index (κ1) is 22.9. The van der Waals surface area contributed by atoms with Crippen LogP contribution in [0.3, 0.4) is 0 Å². The van der Waals surface area contributed by atoms with Gasteiger partial charge in [-0.2, -0.15) is 5.26 Å². The van der Waals surface area contributed by atoms with Crippen molar-refractivity contribution in [3.05, 3.63) is 83.9 Å². The first-order valence-corrected chi connectivity index (χ1v) is 11.4. The minimum atomic E-state index is -0.242. The number of rotatable bonds is 8. The van der Waals surface area contributed by atoms with Crippen LogP contribution < -0.4 is 15.4 Å². The molecule has 0 atom stereocenters. The normalized spacial score (nSPS) is 10.6. The summed E-state index contributed by atoms with van der Waals surface area (Å²) in [5.41, 5.74) is 5.31. The van der Waals surface area contributed by atoms with E-state index >= 15 is 0 Å². The van der Waals surface area contributed by atoms with E-state index in [4.69, 9.17) is 4.74 Å². The van der Waals surface area contributed by atoms with Crippen LogP contribution in [0.5, 0.6) is 5.75 Å². The Hall–Kier alpha value is -4.24. The molecule has 0 bridgehead atoms. The van der Waals surface area contributed by atoms with E-state index < -0.39 is 0 Å². The second-order valence-corrected chi connectivity index (χ2v) is 8.06. The number of nitrogens with one attached hydrogen (secondary N) is 2. The minimum absolute atomic E-state index is 0.242. The lowest BCUT2D eigenvalue weighted by atomic mass is 10.1. The van der Waals surface area contributed by atoms with E-state index in [2.05, 4.69) is 28.2 Å². The van der Waals surface area contributed by atoms with Gasteiger partial charge in [0.2, 0.25) is 0 Å². The Morgan fingerprint density at radius 1 is 1.06 bits per heavy atom. The van der Waals surface area contributed by atoms with E-state index in [1.165, 1.54) is 5.56 Å². The van der Waals surface area contributed by atoms with Gasteiger partial charge in [-0.1, -0.05) is 49.4 Å². The van der Waals surface area contributed by atoms with Crippen LogP contribution in [0.1, 0.15) is 24.5 Å². The van der Waals surface area contributed by atoms with Crippen LogP contribution in [-0.4, -0.2) is 24.3 Å². The number of benzene rings is 3. The summed E-state index contributed by atoms with van der Waals surface area (Å²) < 4.78 is 7.58. The van der Waals surface area contributed by atoms with E-state index in [1.807, 2.05) is 72.8 Å². The van der Waals surface area contributed by atoms with E-state index in [0.29, 0.717) is 17.8 Å². The van der Waals surface area contributed by atoms with Crippen LogP contribution in [-0.2, 0) is 13.0 Å². The molecule has 172 valence electrons. The Morgan fingerprint density at radius 3 is 2.50 bits per heavy atom. The standard InChI is InChI=1S/C28H28N4O2/c1-3-17-32-26-18-23(34-2)13-14-24(26)25(19-29)27(32)21-9-11-22(12-10-21)31-28(33)30-16-15-20-7-5-4-6-8-20/h4-14,18H,3,15-17H2,1-2H3,(H2,30,31,33). The van der Waals surface area contributed by atoms with Gasteiger partial charge in [-0.15, -0.1) is 0 Å². The van der Waals surface area contributed by atoms with E-state index in [-0.39, 0.29) is 6.03 Å². The largest absolute Gasteiger partial charge is 0.497 e. The minimum Gasteiger partial charge on any atom is -0.497 e. The SMILES string of the molecule is CCCn1c(-c2ccc(NC(=O)NCCc3ccccc3)cc2)c(C#N)c2ccc(OC)cc21. The fraction of sp³-hybridized carbons (Fsp3) is 0.214. The van der Waals surface area contributed by atoms with E-state index in [9.17, 15) is 10.1 Å². The van der Waals surface area contributed by atoms with Crippen molar-refractivity contribution in [3.63, 3.8) is 0 Å². The highest BCUT2D eigenvalue weighted by Crippen LogP contribution is 2.36. The molecule has 0 fully saturated rings. The monoisotopic (exact) mass is 452 g/mol. The summed E-state index contributed by atoms with van der Waals surface area (Å²) in [5.74, 6) is 0.760. The maximum atomic E-state index is 12.3. The number of ether oxygens (including phenoxy) is 1. The maximum absolute atomic E-state index is 12.3. The number of hydrogen-bond donors (Lipinski definition) is 2. The van der Waals surface area contributed by atoms with Gasteiger partial charge >= 0.3 is 6.03 Å². The van der Waals surface area contributed by atoms with Gasteiger partial charge in [0.25, 0.3) is 0 Å². The Balaban J connectivity index is 1.53. The lowest BCUT2D eigenvalue weighted by Crippen LogP contribution is -2.30. The highest BCUT2D eigenvalue weighted by molar-refractivity contribution is 5.96. The molecule has 0 aliphatic heterocycles. The zero-order chi connectivity index (χ0) is 23.9. The molecule has 0 saturated heterocycles. The van der Waals surface area contributed by atoms with Gasteiger partial charge in [0, 0.05) is 30.2 Å². The molecular weight excluding hydrogens is 424 g/mol. The number of aryl methyl sites for hydroxylation is 1. The van der Waals surface area contributed by atoms with Crippen LogP contribution in [0.2, 0.25) is 0 Å². The number of carbonyl (C=O) groups excluding carboxylic acids is 1. The molecule has 0 spiro atoms. The Morgan fingerprint density at radius 2 is 1.82 bits per heavy atom. The zero-order valence-corrected chi connectivity index (χ0v) is 19.5. The summed E-state index contributed by atoms with van der Waals surface area (Å²) in [6, 6.07) is 25.6. The molecule has 3 aromatic carbocycles. The van der Waals surface area contributed by atoms with Crippen molar-refractivity contribution < 1.29 is 9.53 Å². The zero-order valence-electron chi connectivity index (χ0n) is 19.5. The van der Waals surface area contributed by atoms with Gasteiger partial charge < -0.3 is 19.9 Å². The second-order valence-electron chi connectivity index (χ2n) is 8.06. The quantitative estimate of drug-likeness (QED) is 0.346. The molecule has 2 amide bonds. The van der Waals surface area contributed by atoms with Crippen LogP contribution in [0.15, 0.2) is 72.8 Å². The van der Waals surface area contributed by atoms with Gasteiger partial charge in [0.1, 0.15) is 11.8 Å². The number of nitriles is 1. The Bertz CT molecular complexity index is 1320. The van der Waals surface area contributed by atoms with Crippen molar-refractivity contribution >= 4 is 22.6 Å². The molecule has 6 heteroatoms. The number of carbonyl (C=O) groups is 1. The van der Waals surface area contributed by atoms with Crippen LogP contribution in [0.4, 0.5) is 10.5 Å². The van der Waals surface area contributed by atoms with Crippen LogP contribution >= 0.6 is 0 Å². The molecular formula is C28H28N4O2. The number of nitrogens with zero attached hydrogens (tertiary/aromatic N) is 2. The highest BCUT2D eigenvalue weighted by atomic mass is 16.5. The number of amides is 2. The lowest BCUT2D eigenvalue weighted by molar-refractivity contribution is 0.252. The third-order valence-corrected chi connectivity index (χ3v) is 5.79. The van der Waals surface area contributed by atoms with Gasteiger partial charge in [-0.3, -0.25) is 0 Å². The number of aromatic nitrogens is 1. The molecule has 2 N–H and O–H groups in total. The number of fused-ring (bicyclic) bond motifs is 1. The molecule has 4 rings (SSSR count). The maximum Gasteiger partial charge on any atom is 0.319 e. The van der Waals surface area contributed by atoms with Crippen molar-refractivity contribution in [3.8, 4) is 23.1 Å². The molecule has 0 aliphatic carbocycles. The van der Waals surface area contributed by atoms with Gasteiger partial charge in [-0.05, 0) is 48.2 Å². The highest BCUT2D eigenvalue weighted by Gasteiger charge is 2.19. The molecule has 34 heavy (non-hydrogen) atoms. The molecule has 6 nitrogen and oxygen atoms in total. The topological polar surface area (TPSA) is 79.1 Å². The van der Waals surface area contributed by atoms with Gasteiger partial charge in [0.05, 0.1) is 23.9 Å². The van der Waals surface area contributed by atoms with Crippen molar-refractivity contribution in [2.24, 2.45) is 0 Å². The summed E-state index contributed by atoms with van der Waals surface area (Å²) in [4.78, 5) is 12.3. The first-order valence-electron chi connectivity index (χ1n) is 11.4. The molecule has 0 aliphatic rings. The fourth-order valence-corrected chi connectivity index (χ4v) is 4.18. The molecule has 0 radical (unpaired) electrons. The smallest absolute Gasteiger partial charge is 0.319 e. The molecule has 1 aromatic heterocycles. The third-order valence-electron chi connectivity index (χ3n) is 5.79. The van der Waals surface area contributed by atoms with Gasteiger partial charge in [0.15, 0.2) is 0 Å². The lowest BCUT2D eigenvalue weighted by Gasteiger charge is -2.12. The number of urea groups is 1.